The summed E-state index contributed by atoms with van der Waals surface area (Å²) in [4.78, 5) is 25.9. The van der Waals surface area contributed by atoms with E-state index in [9.17, 15) is 9.90 Å². The number of hydrogen-bond donors (Lipinski definition) is 2. The number of para-hydroxylation sites is 1. The zero-order valence-electron chi connectivity index (χ0n) is 18.8. The Balaban J connectivity index is 1.88. The summed E-state index contributed by atoms with van der Waals surface area (Å²) < 4.78 is 12.4. The molecule has 0 spiro atoms. The van der Waals surface area contributed by atoms with Crippen LogP contribution in [0.15, 0.2) is 59.8 Å². The third kappa shape index (κ3) is 5.04. The Morgan fingerprint density at radius 3 is 2.44 bits per heavy atom. The Labute approximate surface area is 201 Å². The maximum absolute atomic E-state index is 12.0. The number of ether oxygens (including phenoxy) is 2. The van der Waals surface area contributed by atoms with Crippen molar-refractivity contribution >= 4 is 28.9 Å². The summed E-state index contributed by atoms with van der Waals surface area (Å²) in [5.74, 6) is 0.843. The molecule has 2 aromatic carbocycles. The third-order valence-electron chi connectivity index (χ3n) is 4.85. The number of aliphatic hydroxyl groups is 1. The molecule has 4 rings (SSSR count). The number of hydrogen-bond acceptors (Lipinski definition) is 9. The molecule has 9 nitrogen and oxygen atoms in total. The molecule has 34 heavy (non-hydrogen) atoms. The van der Waals surface area contributed by atoms with Crippen LogP contribution in [0.3, 0.4) is 0 Å². The van der Waals surface area contributed by atoms with Gasteiger partial charge in [0, 0.05) is 11.3 Å². The summed E-state index contributed by atoms with van der Waals surface area (Å²) in [7, 11) is 0. The molecule has 2 aromatic heterocycles. The average molecular weight is 480 g/mol. The first-order chi connectivity index (χ1) is 16.5. The van der Waals surface area contributed by atoms with Crippen LogP contribution in [0.1, 0.15) is 25.8 Å². The minimum absolute atomic E-state index is 0.0731. The van der Waals surface area contributed by atoms with Crippen molar-refractivity contribution in [3.63, 3.8) is 0 Å². The van der Waals surface area contributed by atoms with Gasteiger partial charge in [-0.05, 0) is 50.2 Å². The first-order valence-corrected chi connectivity index (χ1v) is 11.8. The van der Waals surface area contributed by atoms with E-state index in [1.807, 2.05) is 66.1 Å². The van der Waals surface area contributed by atoms with Crippen molar-refractivity contribution < 1.29 is 19.4 Å². The van der Waals surface area contributed by atoms with E-state index >= 15 is 0 Å². The van der Waals surface area contributed by atoms with Gasteiger partial charge in [0.25, 0.3) is 0 Å². The number of rotatable bonds is 9. The normalized spacial score (nSPS) is 12.0. The average Bonchev–Trinajstić information content (AvgIpc) is 3.22. The number of thioether (sulfide) groups is 1. The van der Waals surface area contributed by atoms with Gasteiger partial charge in [-0.25, -0.2) is 15.0 Å². The maximum Gasteiger partial charge on any atom is 0.316 e. The second kappa shape index (κ2) is 10.6. The van der Waals surface area contributed by atoms with Crippen LogP contribution in [0, 0.1) is 0 Å². The second-order valence-corrected chi connectivity index (χ2v) is 8.11. The molecule has 0 bridgehead atoms. The minimum Gasteiger partial charge on any atom is -0.494 e. The number of aromatic nitrogens is 4. The molecule has 176 valence electrons. The molecule has 1 unspecified atom stereocenters. The number of fused-ring (bicyclic) bond motifs is 1. The van der Waals surface area contributed by atoms with Gasteiger partial charge in [-0.3, -0.25) is 9.36 Å². The Morgan fingerprint density at radius 1 is 1.06 bits per heavy atom. The molecule has 0 aliphatic rings. The molecule has 4 aromatic rings. The number of esters is 1. The molecular weight excluding hydrogens is 454 g/mol. The molecule has 10 heteroatoms. The van der Waals surface area contributed by atoms with Crippen molar-refractivity contribution in [2.45, 2.75) is 25.2 Å². The van der Waals surface area contributed by atoms with E-state index in [0.717, 1.165) is 17.0 Å². The smallest absolute Gasteiger partial charge is 0.316 e. The number of benzene rings is 2. The van der Waals surface area contributed by atoms with E-state index in [0.29, 0.717) is 35.4 Å². The lowest BCUT2D eigenvalue weighted by Crippen LogP contribution is -2.13. The van der Waals surface area contributed by atoms with E-state index in [2.05, 4.69) is 9.97 Å². The van der Waals surface area contributed by atoms with Crippen LogP contribution in [0.25, 0.3) is 28.2 Å². The van der Waals surface area contributed by atoms with Gasteiger partial charge in [-0.1, -0.05) is 30.0 Å². The van der Waals surface area contributed by atoms with E-state index < -0.39 is 6.23 Å². The number of nitrogens with zero attached hydrogens (tertiary/aromatic N) is 4. The predicted molar refractivity (Wildman–Crippen MR) is 130 cm³/mol. The standard InChI is InChI=1S/C24H25N5O4S/c1-3-32-17-12-10-15(11-13-17)22-26-19(21(25)31)20-23(28-22)29(16-8-6-5-7-9-16)24(27-20)34-14-18(30)33-4-2/h5-13,21,31H,3-4,14,25H2,1-2H3. The fourth-order valence-corrected chi connectivity index (χ4v) is 4.20. The van der Waals surface area contributed by atoms with Crippen LogP contribution in [-0.4, -0.2) is 49.6 Å². The molecule has 3 N–H and O–H groups in total. The molecule has 2 heterocycles. The van der Waals surface area contributed by atoms with Crippen LogP contribution in [0.4, 0.5) is 0 Å². The predicted octanol–water partition coefficient (Wildman–Crippen LogP) is 3.49. The SMILES string of the molecule is CCOC(=O)CSc1nc2c(C(N)O)nc(-c3ccc(OCC)cc3)nc2n1-c1ccccc1. The zero-order valence-corrected chi connectivity index (χ0v) is 19.7. The monoisotopic (exact) mass is 479 g/mol. The summed E-state index contributed by atoms with van der Waals surface area (Å²) in [5.41, 5.74) is 8.42. The topological polar surface area (TPSA) is 125 Å². The Hall–Kier alpha value is -3.47. The van der Waals surface area contributed by atoms with Gasteiger partial charge < -0.3 is 20.3 Å². The summed E-state index contributed by atoms with van der Waals surface area (Å²) in [5, 5.41) is 10.8. The van der Waals surface area contributed by atoms with Crippen molar-refractivity contribution in [1.29, 1.82) is 0 Å². The molecule has 0 fully saturated rings. The van der Waals surface area contributed by atoms with E-state index in [1.165, 1.54) is 11.8 Å². The van der Waals surface area contributed by atoms with Crippen molar-refractivity contribution in [3.8, 4) is 22.8 Å². The number of carbonyl (C=O) groups is 1. The van der Waals surface area contributed by atoms with Crippen molar-refractivity contribution in [1.82, 2.24) is 19.5 Å². The lowest BCUT2D eigenvalue weighted by atomic mass is 10.2. The van der Waals surface area contributed by atoms with Crippen molar-refractivity contribution in [2.24, 2.45) is 5.73 Å². The summed E-state index contributed by atoms with van der Waals surface area (Å²) in [6, 6.07) is 16.9. The number of nitrogens with two attached hydrogens (primary N) is 1. The molecule has 1 atom stereocenters. The fraction of sp³-hybridized carbons (Fsp3) is 0.250. The molecule has 0 radical (unpaired) electrons. The van der Waals surface area contributed by atoms with E-state index in [4.69, 9.17) is 20.2 Å². The highest BCUT2D eigenvalue weighted by Gasteiger charge is 2.23. The first kappa shape index (κ1) is 23.7. The van der Waals surface area contributed by atoms with E-state index in [-0.39, 0.29) is 17.4 Å². The van der Waals surface area contributed by atoms with E-state index in [1.54, 1.807) is 6.92 Å². The molecule has 0 amide bonds. The Kier molecular flexibility index (Phi) is 7.41. The third-order valence-corrected chi connectivity index (χ3v) is 5.76. The van der Waals surface area contributed by atoms with Crippen LogP contribution in [0.5, 0.6) is 5.75 Å². The number of imidazole rings is 1. The minimum atomic E-state index is -1.37. The molecule has 0 saturated heterocycles. The van der Waals surface area contributed by atoms with Crippen molar-refractivity contribution in [2.75, 3.05) is 19.0 Å². The van der Waals surface area contributed by atoms with Gasteiger partial charge in [-0.2, -0.15) is 0 Å². The summed E-state index contributed by atoms with van der Waals surface area (Å²) in [6.45, 7) is 4.54. The highest BCUT2D eigenvalue weighted by Crippen LogP contribution is 2.31. The van der Waals surface area contributed by atoms with Gasteiger partial charge >= 0.3 is 5.97 Å². The molecule has 0 aliphatic carbocycles. The number of carbonyl (C=O) groups excluding carboxylic acids is 1. The molecular formula is C24H25N5O4S. The first-order valence-electron chi connectivity index (χ1n) is 10.8. The van der Waals surface area contributed by atoms with Crippen molar-refractivity contribution in [3.05, 3.63) is 60.3 Å². The largest absolute Gasteiger partial charge is 0.494 e. The van der Waals surface area contributed by atoms with Gasteiger partial charge in [0.15, 0.2) is 16.6 Å². The Bertz CT molecular complexity index is 1280. The molecule has 0 saturated carbocycles. The Morgan fingerprint density at radius 2 is 1.79 bits per heavy atom. The maximum atomic E-state index is 12.0. The lowest BCUT2D eigenvalue weighted by molar-refractivity contribution is -0.139. The number of aliphatic hydroxyl groups excluding tert-OH is 1. The summed E-state index contributed by atoms with van der Waals surface area (Å²) >= 11 is 1.22. The molecule has 0 aliphatic heterocycles. The van der Waals surface area contributed by atoms with Crippen LogP contribution >= 0.6 is 11.8 Å². The zero-order chi connectivity index (χ0) is 24.1. The highest BCUT2D eigenvalue weighted by molar-refractivity contribution is 7.99. The van der Waals surface area contributed by atoms with Crippen LogP contribution in [-0.2, 0) is 9.53 Å². The van der Waals surface area contributed by atoms with Crippen LogP contribution in [0.2, 0.25) is 0 Å². The van der Waals surface area contributed by atoms with Gasteiger partial charge in [-0.15, -0.1) is 0 Å². The van der Waals surface area contributed by atoms with Gasteiger partial charge in [0.1, 0.15) is 23.2 Å². The van der Waals surface area contributed by atoms with Crippen LogP contribution < -0.4 is 10.5 Å². The second-order valence-electron chi connectivity index (χ2n) is 7.17. The van der Waals surface area contributed by atoms with Gasteiger partial charge in [0.2, 0.25) is 0 Å². The fourth-order valence-electron chi connectivity index (χ4n) is 3.39. The quantitative estimate of drug-likeness (QED) is 0.211. The summed E-state index contributed by atoms with van der Waals surface area (Å²) in [6.07, 6.45) is -1.37. The highest BCUT2D eigenvalue weighted by atomic mass is 32.2. The van der Waals surface area contributed by atoms with Gasteiger partial charge in [0.05, 0.1) is 19.0 Å². The lowest BCUT2D eigenvalue weighted by Gasteiger charge is -2.11.